The topological polar surface area (TPSA) is 54.0 Å². The molecule has 0 spiro atoms. The van der Waals surface area contributed by atoms with E-state index in [0.29, 0.717) is 0 Å². The minimum absolute atomic E-state index is 0.103. The average Bonchev–Trinajstić information content (AvgIpc) is 2.40. The van der Waals surface area contributed by atoms with E-state index in [1.807, 2.05) is 6.92 Å². The third kappa shape index (κ3) is 12.6. The van der Waals surface area contributed by atoms with Crippen molar-refractivity contribution in [2.75, 3.05) is 14.2 Å². The molecule has 0 N–H and O–H groups in total. The molecule has 5 nitrogen and oxygen atoms in total. The molecule has 0 aromatic heterocycles. The van der Waals surface area contributed by atoms with Crippen molar-refractivity contribution in [1.82, 2.24) is 0 Å². The Kier molecular flexibility index (Phi) is 13.4. The van der Waals surface area contributed by atoms with E-state index < -0.39 is 15.3 Å². The molecule has 0 aliphatic rings. The maximum absolute atomic E-state index is 11.0. The normalized spacial score (nSPS) is 12.6. The van der Waals surface area contributed by atoms with E-state index >= 15 is 0 Å². The van der Waals surface area contributed by atoms with Crippen LogP contribution in [-0.4, -0.2) is 51.3 Å². The van der Waals surface area contributed by atoms with Crippen molar-refractivity contribution in [1.29, 1.82) is 0 Å². The lowest BCUT2D eigenvalue weighted by atomic mass is 10.2. The number of esters is 1. The third-order valence-corrected chi connectivity index (χ3v) is 5.62. The monoisotopic (exact) mass is 322 g/mol. The second-order valence-electron chi connectivity index (χ2n) is 5.12. The van der Waals surface area contributed by atoms with Gasteiger partial charge >= 0.3 is 15.3 Å². The lowest BCUT2D eigenvalue weighted by Gasteiger charge is -2.21. The highest BCUT2D eigenvalue weighted by Crippen LogP contribution is 2.08. The molecule has 0 amide bonds. The van der Waals surface area contributed by atoms with E-state index in [1.165, 1.54) is 0 Å². The molecule has 20 heavy (non-hydrogen) atoms. The lowest BCUT2D eigenvalue weighted by molar-refractivity contribution is -0.141. The minimum atomic E-state index is -1.89. The molecule has 0 aliphatic carbocycles. The molecular weight excluding hydrogens is 292 g/mol. The molecule has 0 aromatic rings. The van der Waals surface area contributed by atoms with Gasteiger partial charge in [0, 0.05) is 25.9 Å². The van der Waals surface area contributed by atoms with E-state index in [1.54, 1.807) is 14.2 Å². The van der Waals surface area contributed by atoms with Gasteiger partial charge in [0.1, 0.15) is 16.2 Å². The first-order valence-electron chi connectivity index (χ1n) is 6.69. The van der Waals surface area contributed by atoms with Gasteiger partial charge in [-0.05, 0) is 27.2 Å². The van der Waals surface area contributed by atoms with Crippen LogP contribution in [0.25, 0.3) is 0 Å². The molecule has 120 valence electrons. The second-order valence-corrected chi connectivity index (χ2v) is 7.96. The Morgan fingerprint density at radius 1 is 1.35 bits per heavy atom. The van der Waals surface area contributed by atoms with Crippen LogP contribution in [0.5, 0.6) is 0 Å². The highest BCUT2D eigenvalue weighted by molar-refractivity contribution is 6.46. The first kappa shape index (κ1) is 21.8. The zero-order chi connectivity index (χ0) is 16.2. The van der Waals surface area contributed by atoms with Gasteiger partial charge < -0.3 is 18.0 Å². The van der Waals surface area contributed by atoms with E-state index in [4.69, 9.17) is 18.0 Å². The van der Waals surface area contributed by atoms with Crippen LogP contribution in [0.4, 0.5) is 0 Å². The summed E-state index contributed by atoms with van der Waals surface area (Å²) in [5.41, 5.74) is -0.132. The van der Waals surface area contributed by atoms with E-state index in [2.05, 4.69) is 27.4 Å². The summed E-state index contributed by atoms with van der Waals surface area (Å²) in [4.78, 5) is 11.0. The van der Waals surface area contributed by atoms with E-state index in [9.17, 15) is 4.79 Å². The van der Waals surface area contributed by atoms with Gasteiger partial charge in [0.2, 0.25) is 0 Å². The zero-order valence-electron chi connectivity index (χ0n) is 13.9. The number of hydrogen-bond donors (Lipinski definition) is 0. The van der Waals surface area contributed by atoms with Gasteiger partial charge in [0.15, 0.2) is 0 Å². The van der Waals surface area contributed by atoms with Crippen LogP contribution in [0.3, 0.4) is 0 Å². The molecule has 0 bridgehead atoms. The average molecular weight is 323 g/mol. The summed E-state index contributed by atoms with van der Waals surface area (Å²) in [6.45, 7) is 11.5. The molecule has 0 rings (SSSR count). The summed E-state index contributed by atoms with van der Waals surface area (Å²) < 4.78 is 20.5. The Hall–Kier alpha value is -0.476. The Labute approximate surface area is 128 Å². The standard InChI is InChI=1S/C9H18O4Si.C4H12OSi/c1-5-7-9(13-8(10)6-2)14(11-3)12-4;1-4(2,3)5-6/h6,9,14H,2,5,7H2,1,3-4H3;1-3,6H3. The molecule has 1 unspecified atom stereocenters. The fourth-order valence-corrected chi connectivity index (χ4v) is 2.78. The number of carbonyl (C=O) groups excluding carboxylic acids is 1. The van der Waals surface area contributed by atoms with E-state index in [-0.39, 0.29) is 11.3 Å². The van der Waals surface area contributed by atoms with Gasteiger partial charge in [0.25, 0.3) is 0 Å². The maximum atomic E-state index is 11.0. The van der Waals surface area contributed by atoms with Gasteiger partial charge in [-0.1, -0.05) is 19.9 Å². The summed E-state index contributed by atoms with van der Waals surface area (Å²) >= 11 is 0. The number of rotatable bonds is 7. The van der Waals surface area contributed by atoms with Crippen LogP contribution in [-0.2, 0) is 22.8 Å². The zero-order valence-corrected chi connectivity index (χ0v) is 17.0. The largest absolute Gasteiger partial charge is 0.458 e. The molecular formula is C13H30O5Si2. The van der Waals surface area contributed by atoms with Crippen molar-refractivity contribution in [2.24, 2.45) is 0 Å². The highest BCUT2D eigenvalue weighted by atomic mass is 28.3. The van der Waals surface area contributed by atoms with Gasteiger partial charge in [-0.15, -0.1) is 0 Å². The highest BCUT2D eigenvalue weighted by Gasteiger charge is 2.26. The molecule has 0 aromatic carbocycles. The maximum Gasteiger partial charge on any atom is 0.363 e. The Balaban J connectivity index is 0. The fourth-order valence-electron chi connectivity index (χ4n) is 1.13. The van der Waals surface area contributed by atoms with Gasteiger partial charge in [0.05, 0.1) is 0 Å². The molecule has 0 saturated carbocycles. The van der Waals surface area contributed by atoms with Crippen molar-refractivity contribution in [3.8, 4) is 0 Å². The fraction of sp³-hybridized carbons (Fsp3) is 0.769. The van der Waals surface area contributed by atoms with Crippen molar-refractivity contribution in [3.05, 3.63) is 12.7 Å². The predicted octanol–water partition coefficient (Wildman–Crippen LogP) is 1.02. The van der Waals surface area contributed by atoms with Crippen LogP contribution in [0.15, 0.2) is 12.7 Å². The van der Waals surface area contributed by atoms with Gasteiger partial charge in [-0.2, -0.15) is 0 Å². The molecule has 1 atom stereocenters. The van der Waals surface area contributed by atoms with Crippen LogP contribution in [0.2, 0.25) is 0 Å². The predicted molar refractivity (Wildman–Crippen MR) is 86.9 cm³/mol. The van der Waals surface area contributed by atoms with Gasteiger partial charge in [-0.3, -0.25) is 0 Å². The third-order valence-electron chi connectivity index (χ3n) is 2.39. The van der Waals surface area contributed by atoms with Crippen molar-refractivity contribution in [2.45, 2.75) is 51.9 Å². The lowest BCUT2D eigenvalue weighted by Crippen LogP contribution is -2.38. The Morgan fingerprint density at radius 2 is 1.80 bits per heavy atom. The van der Waals surface area contributed by atoms with Crippen LogP contribution < -0.4 is 0 Å². The first-order chi connectivity index (χ1) is 9.25. The molecule has 0 fully saturated rings. The quantitative estimate of drug-likeness (QED) is 0.398. The van der Waals surface area contributed by atoms with Crippen LogP contribution in [0.1, 0.15) is 40.5 Å². The second kappa shape index (κ2) is 12.3. The van der Waals surface area contributed by atoms with Crippen molar-refractivity contribution >= 4 is 25.7 Å². The summed E-state index contributed by atoms with van der Waals surface area (Å²) in [6.07, 6.45) is 2.84. The number of carbonyl (C=O) groups is 1. The van der Waals surface area contributed by atoms with Crippen molar-refractivity contribution in [3.63, 3.8) is 0 Å². The molecule has 0 heterocycles. The SMILES string of the molecule is C=CC(=O)OC(CCC)[SiH](OC)OC.CC(C)(C)O[SiH3]. The van der Waals surface area contributed by atoms with Crippen LogP contribution >= 0.6 is 0 Å². The Morgan fingerprint density at radius 3 is 2.05 bits per heavy atom. The summed E-state index contributed by atoms with van der Waals surface area (Å²) in [5.74, 6) is -0.421. The number of ether oxygens (including phenoxy) is 1. The summed E-state index contributed by atoms with van der Waals surface area (Å²) in [6, 6.07) is 0. The Bertz CT molecular complexity index is 262. The number of hydrogen-bond acceptors (Lipinski definition) is 5. The smallest absolute Gasteiger partial charge is 0.363 e. The molecule has 0 radical (unpaired) electrons. The summed E-state index contributed by atoms with van der Waals surface area (Å²) in [7, 11) is 2.11. The molecule has 0 saturated heterocycles. The van der Waals surface area contributed by atoms with E-state index in [0.717, 1.165) is 29.4 Å². The van der Waals surface area contributed by atoms with Crippen LogP contribution in [0, 0.1) is 0 Å². The minimum Gasteiger partial charge on any atom is -0.458 e. The van der Waals surface area contributed by atoms with Crippen molar-refractivity contribution < 1.29 is 22.8 Å². The summed E-state index contributed by atoms with van der Waals surface area (Å²) in [5, 5.41) is 0. The first-order valence-corrected chi connectivity index (χ1v) is 9.12. The molecule has 7 heteroatoms. The van der Waals surface area contributed by atoms with Gasteiger partial charge in [-0.25, -0.2) is 4.79 Å². The molecule has 0 aliphatic heterocycles.